The van der Waals surface area contributed by atoms with Gasteiger partial charge in [-0.25, -0.2) is 4.98 Å². The van der Waals surface area contributed by atoms with Crippen molar-refractivity contribution in [3.63, 3.8) is 0 Å². The molecule has 86 valence electrons. The highest BCUT2D eigenvalue weighted by atomic mass is 15.1. The Hall–Kier alpha value is -1.55. The molecule has 0 bridgehead atoms. The number of nitrogens with one attached hydrogen (secondary N) is 1. The van der Waals surface area contributed by atoms with E-state index in [1.54, 1.807) is 0 Å². The van der Waals surface area contributed by atoms with Crippen LogP contribution in [0, 0.1) is 0 Å². The maximum absolute atomic E-state index is 4.17. The molecule has 2 aromatic heterocycles. The van der Waals surface area contributed by atoms with Gasteiger partial charge in [-0.2, -0.15) is 0 Å². The quantitative estimate of drug-likeness (QED) is 0.824. The van der Waals surface area contributed by atoms with Crippen molar-refractivity contribution >= 4 is 0 Å². The van der Waals surface area contributed by atoms with Gasteiger partial charge in [-0.05, 0) is 25.6 Å². The van der Waals surface area contributed by atoms with Crippen molar-refractivity contribution in [1.82, 2.24) is 19.4 Å². The second kappa shape index (κ2) is 4.99. The Morgan fingerprint density at radius 2 is 2.31 bits per heavy atom. The summed E-state index contributed by atoms with van der Waals surface area (Å²) in [5.74, 6) is 0. The van der Waals surface area contributed by atoms with Crippen LogP contribution in [0.15, 0.2) is 31.0 Å². The van der Waals surface area contributed by atoms with E-state index in [1.165, 1.54) is 11.3 Å². The van der Waals surface area contributed by atoms with Crippen molar-refractivity contribution < 1.29 is 0 Å². The Morgan fingerprint density at radius 3 is 3.06 bits per heavy atom. The Bertz CT molecular complexity index is 441. The number of nitrogens with zero attached hydrogens (tertiary/aromatic N) is 3. The van der Waals surface area contributed by atoms with E-state index >= 15 is 0 Å². The van der Waals surface area contributed by atoms with Crippen LogP contribution in [0.3, 0.4) is 0 Å². The molecule has 0 aliphatic rings. The third-order valence-electron chi connectivity index (χ3n) is 2.68. The molecule has 0 radical (unpaired) electrons. The van der Waals surface area contributed by atoms with Gasteiger partial charge in [-0.1, -0.05) is 0 Å². The van der Waals surface area contributed by atoms with Gasteiger partial charge >= 0.3 is 0 Å². The molecule has 16 heavy (non-hydrogen) atoms. The lowest BCUT2D eigenvalue weighted by atomic mass is 10.3. The monoisotopic (exact) mass is 218 g/mol. The van der Waals surface area contributed by atoms with Crippen molar-refractivity contribution in [2.45, 2.75) is 26.6 Å². The third kappa shape index (κ3) is 2.33. The number of hydrogen-bond acceptors (Lipinski definition) is 2. The third-order valence-corrected chi connectivity index (χ3v) is 2.68. The van der Waals surface area contributed by atoms with Crippen LogP contribution in [-0.2, 0) is 19.6 Å². The molecular formula is C12H18N4. The molecule has 1 N–H and O–H groups in total. The summed E-state index contributed by atoms with van der Waals surface area (Å²) in [6.07, 6.45) is 8.10. The minimum atomic E-state index is 0.886. The second-order valence-electron chi connectivity index (χ2n) is 3.89. The summed E-state index contributed by atoms with van der Waals surface area (Å²) in [5, 5.41) is 3.15. The summed E-state index contributed by atoms with van der Waals surface area (Å²) >= 11 is 0. The van der Waals surface area contributed by atoms with E-state index in [-0.39, 0.29) is 0 Å². The van der Waals surface area contributed by atoms with E-state index in [4.69, 9.17) is 0 Å². The van der Waals surface area contributed by atoms with Crippen LogP contribution < -0.4 is 5.32 Å². The molecular weight excluding hydrogens is 200 g/mol. The number of hydrogen-bond donors (Lipinski definition) is 1. The van der Waals surface area contributed by atoms with Gasteiger partial charge in [0, 0.05) is 31.7 Å². The molecule has 0 atom stereocenters. The Kier molecular flexibility index (Phi) is 3.41. The largest absolute Gasteiger partial charge is 0.348 e. The van der Waals surface area contributed by atoms with Crippen LogP contribution in [0.1, 0.15) is 18.2 Å². The van der Waals surface area contributed by atoms with Crippen molar-refractivity contribution in [1.29, 1.82) is 0 Å². The highest BCUT2D eigenvalue weighted by molar-refractivity contribution is 5.11. The summed E-state index contributed by atoms with van der Waals surface area (Å²) in [4.78, 5) is 4.17. The predicted octanol–water partition coefficient (Wildman–Crippen LogP) is 1.47. The smallest absolute Gasteiger partial charge is 0.0948 e. The van der Waals surface area contributed by atoms with E-state index in [1.807, 2.05) is 19.6 Å². The van der Waals surface area contributed by atoms with Crippen LogP contribution in [0.2, 0.25) is 0 Å². The van der Waals surface area contributed by atoms with Gasteiger partial charge in [-0.3, -0.25) is 0 Å². The summed E-state index contributed by atoms with van der Waals surface area (Å²) in [7, 11) is 1.96. The average molecular weight is 218 g/mol. The first-order valence-corrected chi connectivity index (χ1v) is 5.61. The highest BCUT2D eigenvalue weighted by Gasteiger charge is 2.02. The highest BCUT2D eigenvalue weighted by Crippen LogP contribution is 2.06. The van der Waals surface area contributed by atoms with E-state index in [0.717, 1.165) is 19.6 Å². The van der Waals surface area contributed by atoms with E-state index in [9.17, 15) is 0 Å². The molecule has 0 amide bonds. The molecule has 0 spiro atoms. The lowest BCUT2D eigenvalue weighted by molar-refractivity contribution is 0.669. The fourth-order valence-corrected chi connectivity index (χ4v) is 1.85. The van der Waals surface area contributed by atoms with Crippen LogP contribution in [-0.4, -0.2) is 21.2 Å². The fourth-order valence-electron chi connectivity index (χ4n) is 1.85. The Labute approximate surface area is 95.9 Å². The summed E-state index contributed by atoms with van der Waals surface area (Å²) < 4.78 is 4.35. The number of aromatic nitrogens is 3. The zero-order chi connectivity index (χ0) is 11.4. The molecule has 0 fully saturated rings. The molecule has 4 nitrogen and oxygen atoms in total. The molecule has 0 aliphatic carbocycles. The minimum absolute atomic E-state index is 0.886. The van der Waals surface area contributed by atoms with Crippen molar-refractivity contribution in [2.24, 2.45) is 0 Å². The lowest BCUT2D eigenvalue weighted by Gasteiger charge is -2.05. The lowest BCUT2D eigenvalue weighted by Crippen LogP contribution is -2.06. The van der Waals surface area contributed by atoms with Crippen molar-refractivity contribution in [3.05, 3.63) is 42.2 Å². The standard InChI is InChI=1S/C12H18N4/c1-3-16-10-14-7-12(16)9-15-5-4-11(8-15)6-13-2/h4-5,7-8,10,13H,3,6,9H2,1-2H3. The summed E-state index contributed by atoms with van der Waals surface area (Å²) in [6, 6.07) is 2.14. The van der Waals surface area contributed by atoms with Gasteiger partial charge in [0.25, 0.3) is 0 Å². The Balaban J connectivity index is 2.08. The van der Waals surface area contributed by atoms with Gasteiger partial charge in [0.1, 0.15) is 0 Å². The maximum Gasteiger partial charge on any atom is 0.0948 e. The van der Waals surface area contributed by atoms with Gasteiger partial charge in [-0.15, -0.1) is 0 Å². The molecule has 2 aromatic rings. The van der Waals surface area contributed by atoms with E-state index in [0.29, 0.717) is 0 Å². The van der Waals surface area contributed by atoms with Crippen LogP contribution in [0.4, 0.5) is 0 Å². The molecule has 0 saturated heterocycles. The van der Waals surface area contributed by atoms with Gasteiger partial charge in [0.2, 0.25) is 0 Å². The van der Waals surface area contributed by atoms with E-state index in [2.05, 4.69) is 44.8 Å². The summed E-state index contributed by atoms with van der Waals surface area (Å²) in [5.41, 5.74) is 2.55. The molecule has 0 unspecified atom stereocenters. The number of rotatable bonds is 5. The van der Waals surface area contributed by atoms with Crippen LogP contribution >= 0.6 is 0 Å². The molecule has 0 saturated carbocycles. The average Bonchev–Trinajstić information content (AvgIpc) is 2.89. The number of aryl methyl sites for hydroxylation is 1. The molecule has 4 heteroatoms. The first-order chi connectivity index (χ1) is 7.83. The van der Waals surface area contributed by atoms with Crippen molar-refractivity contribution in [3.8, 4) is 0 Å². The molecule has 2 heterocycles. The van der Waals surface area contributed by atoms with Gasteiger partial charge in [0.05, 0.1) is 18.6 Å². The Morgan fingerprint density at radius 1 is 1.44 bits per heavy atom. The number of imidazole rings is 1. The first-order valence-electron chi connectivity index (χ1n) is 5.61. The van der Waals surface area contributed by atoms with Crippen LogP contribution in [0.25, 0.3) is 0 Å². The topological polar surface area (TPSA) is 34.8 Å². The van der Waals surface area contributed by atoms with Gasteiger partial charge in [0.15, 0.2) is 0 Å². The SMILES string of the molecule is CCn1cncc1Cn1ccc(CNC)c1. The zero-order valence-corrected chi connectivity index (χ0v) is 9.85. The second-order valence-corrected chi connectivity index (χ2v) is 3.89. The molecule has 0 aromatic carbocycles. The normalized spacial score (nSPS) is 10.9. The summed E-state index contributed by atoms with van der Waals surface area (Å²) in [6.45, 7) is 4.91. The van der Waals surface area contributed by atoms with Crippen molar-refractivity contribution in [2.75, 3.05) is 7.05 Å². The van der Waals surface area contributed by atoms with Crippen LogP contribution in [0.5, 0.6) is 0 Å². The molecule has 2 rings (SSSR count). The fraction of sp³-hybridized carbons (Fsp3) is 0.417. The minimum Gasteiger partial charge on any atom is -0.348 e. The first kappa shape index (κ1) is 11.0. The van der Waals surface area contributed by atoms with E-state index < -0.39 is 0 Å². The molecule has 0 aliphatic heterocycles. The maximum atomic E-state index is 4.17. The van der Waals surface area contributed by atoms with Gasteiger partial charge < -0.3 is 14.5 Å². The predicted molar refractivity (Wildman–Crippen MR) is 64.2 cm³/mol. The zero-order valence-electron chi connectivity index (χ0n) is 9.85.